The van der Waals surface area contributed by atoms with Gasteiger partial charge in [0.25, 0.3) is 11.7 Å². The lowest BCUT2D eigenvalue weighted by Crippen LogP contribution is -2.38. The molecular weight excluding hydrogens is 626 g/mol. The summed E-state index contributed by atoms with van der Waals surface area (Å²) in [6.07, 6.45) is 0.248. The Kier molecular flexibility index (Phi) is 8.15. The number of aryl methyl sites for hydroxylation is 1. The second-order valence-electron chi connectivity index (χ2n) is 11.6. The highest BCUT2D eigenvalue weighted by molar-refractivity contribution is 6.04. The van der Waals surface area contributed by atoms with E-state index in [0.717, 1.165) is 21.3 Å². The molecule has 2 unspecified atom stereocenters. The van der Waals surface area contributed by atoms with E-state index in [1.807, 2.05) is 78.9 Å². The lowest BCUT2D eigenvalue weighted by molar-refractivity contribution is -0.161. The molecule has 1 amide bonds. The fourth-order valence-electron chi connectivity index (χ4n) is 6.04. The molecule has 7 rings (SSSR count). The third-order valence-electron chi connectivity index (χ3n) is 8.65. The summed E-state index contributed by atoms with van der Waals surface area (Å²) in [5, 5.41) is 13.9. The van der Waals surface area contributed by atoms with Crippen LogP contribution in [0.1, 0.15) is 38.8 Å². The minimum absolute atomic E-state index is 0.103. The molecule has 248 valence electrons. The van der Waals surface area contributed by atoms with Gasteiger partial charge in [0.05, 0.1) is 14.2 Å². The van der Waals surface area contributed by atoms with E-state index >= 15 is 0 Å². The molecule has 2 aliphatic heterocycles. The number of methoxy groups -OCH3 is 2. The standard InChI is InChI=1S/C38H33N3O8/c1-24-22-41(36(44)40-33(24)39-34(43)25-10-6-4-7-11-25)35-31(42)32-37(48-32,49-35)23-47-38(26-12-8-5-9-13-26,27-14-18-29(45-2)19-15-27)28-16-20-30(46-3)21-17-28/h4-22,35,42H,23H2,1-3H3,(H,39,40,43,44). The molecule has 0 bridgehead atoms. The third-order valence-corrected chi connectivity index (χ3v) is 8.65. The molecular formula is C38H33N3O8. The number of benzene rings is 4. The number of ether oxygens (including phenoxy) is 5. The van der Waals surface area contributed by atoms with Crippen molar-refractivity contribution < 1.29 is 33.6 Å². The van der Waals surface area contributed by atoms with Gasteiger partial charge in [-0.1, -0.05) is 72.8 Å². The molecule has 3 heterocycles. The predicted octanol–water partition coefficient (Wildman–Crippen LogP) is 5.85. The molecule has 1 saturated heterocycles. The van der Waals surface area contributed by atoms with Crippen LogP contribution in [-0.4, -0.2) is 47.2 Å². The van der Waals surface area contributed by atoms with Crippen molar-refractivity contribution in [2.24, 2.45) is 0 Å². The van der Waals surface area contributed by atoms with Gasteiger partial charge < -0.3 is 34.1 Å². The number of anilines is 1. The smallest absolute Gasteiger partial charge is 0.352 e. The summed E-state index contributed by atoms with van der Waals surface area (Å²) in [7, 11) is 3.21. The summed E-state index contributed by atoms with van der Waals surface area (Å²) in [6, 6.07) is 33.5. The van der Waals surface area contributed by atoms with Gasteiger partial charge >= 0.3 is 5.69 Å². The zero-order chi connectivity index (χ0) is 34.2. The maximum atomic E-state index is 13.2. The van der Waals surface area contributed by atoms with Gasteiger partial charge in [0.2, 0.25) is 12.0 Å². The molecule has 1 aromatic heterocycles. The number of aromatic nitrogens is 2. The topological polar surface area (TPSA) is 134 Å². The van der Waals surface area contributed by atoms with E-state index in [0.29, 0.717) is 22.6 Å². The van der Waals surface area contributed by atoms with Crippen LogP contribution in [0.4, 0.5) is 5.82 Å². The first-order chi connectivity index (χ1) is 23.8. The van der Waals surface area contributed by atoms with Crippen LogP contribution < -0.4 is 20.5 Å². The molecule has 2 aliphatic rings. The van der Waals surface area contributed by atoms with Crippen LogP contribution in [0.3, 0.4) is 0 Å². The Morgan fingerprint density at radius 3 is 2.00 bits per heavy atom. The Balaban J connectivity index is 1.20. The summed E-state index contributed by atoms with van der Waals surface area (Å²) >= 11 is 0. The van der Waals surface area contributed by atoms with Crippen molar-refractivity contribution in [1.29, 1.82) is 0 Å². The van der Waals surface area contributed by atoms with E-state index in [1.165, 1.54) is 6.20 Å². The fourth-order valence-corrected chi connectivity index (χ4v) is 6.04. The van der Waals surface area contributed by atoms with E-state index in [9.17, 15) is 14.7 Å². The van der Waals surface area contributed by atoms with E-state index < -0.39 is 29.2 Å². The van der Waals surface area contributed by atoms with Crippen molar-refractivity contribution in [2.45, 2.75) is 24.5 Å². The number of epoxide rings is 1. The molecule has 2 atom stereocenters. The van der Waals surface area contributed by atoms with Crippen molar-refractivity contribution in [2.75, 3.05) is 26.1 Å². The van der Waals surface area contributed by atoms with Crippen molar-refractivity contribution in [1.82, 2.24) is 9.55 Å². The monoisotopic (exact) mass is 659 g/mol. The first-order valence-electron chi connectivity index (χ1n) is 15.5. The van der Waals surface area contributed by atoms with Crippen LogP contribution >= 0.6 is 0 Å². The van der Waals surface area contributed by atoms with Crippen LogP contribution in [0, 0.1) is 6.92 Å². The number of nitrogens with one attached hydrogen (secondary N) is 1. The first kappa shape index (κ1) is 31.7. The van der Waals surface area contributed by atoms with Crippen molar-refractivity contribution in [3.05, 3.63) is 165 Å². The molecule has 5 aromatic rings. The molecule has 49 heavy (non-hydrogen) atoms. The van der Waals surface area contributed by atoms with E-state index in [2.05, 4.69) is 10.3 Å². The van der Waals surface area contributed by atoms with Gasteiger partial charge in [0.1, 0.15) is 29.5 Å². The van der Waals surface area contributed by atoms with Crippen LogP contribution in [0.15, 0.2) is 132 Å². The van der Waals surface area contributed by atoms with Crippen molar-refractivity contribution >= 4 is 11.7 Å². The lowest BCUT2D eigenvalue weighted by atomic mass is 9.80. The van der Waals surface area contributed by atoms with Gasteiger partial charge in [0, 0.05) is 17.3 Å². The first-order valence-corrected chi connectivity index (χ1v) is 15.5. The molecule has 2 N–H and O–H groups in total. The number of carbonyl (C=O) groups is 1. The van der Waals surface area contributed by atoms with E-state index in [1.54, 1.807) is 51.5 Å². The Labute approximate surface area is 281 Å². The van der Waals surface area contributed by atoms with Crippen molar-refractivity contribution in [3.8, 4) is 11.5 Å². The molecule has 1 fully saturated rings. The molecule has 11 heteroatoms. The second-order valence-corrected chi connectivity index (χ2v) is 11.6. The van der Waals surface area contributed by atoms with Gasteiger partial charge in [-0.15, -0.1) is 0 Å². The van der Waals surface area contributed by atoms with Gasteiger partial charge in [-0.05, 0) is 60.0 Å². The van der Waals surface area contributed by atoms with Crippen LogP contribution in [0.5, 0.6) is 11.5 Å². The number of hydrogen-bond acceptors (Lipinski definition) is 9. The predicted molar refractivity (Wildman–Crippen MR) is 179 cm³/mol. The number of aliphatic hydroxyl groups is 1. The van der Waals surface area contributed by atoms with E-state index in [4.69, 9.17) is 23.7 Å². The molecule has 0 radical (unpaired) electrons. The SMILES string of the molecule is COc1ccc(C(OCC23OC2=C(O)C(n2cc(C)c(NC(=O)c4ccccc4)nc2=O)O3)(c2ccccc2)c2ccc(OC)cc2)cc1. The van der Waals surface area contributed by atoms with Crippen LogP contribution in [0.25, 0.3) is 0 Å². The van der Waals surface area contributed by atoms with Gasteiger partial charge in [-0.25, -0.2) is 4.79 Å². The van der Waals surface area contributed by atoms with E-state index in [-0.39, 0.29) is 23.9 Å². The fraction of sp³-hybridized carbons (Fsp3) is 0.184. The largest absolute Gasteiger partial charge is 0.505 e. The minimum Gasteiger partial charge on any atom is -0.505 e. The van der Waals surface area contributed by atoms with Gasteiger partial charge in [-0.2, -0.15) is 4.98 Å². The molecule has 4 aromatic carbocycles. The molecule has 0 aliphatic carbocycles. The number of carbonyl (C=O) groups excluding carboxylic acids is 1. The van der Waals surface area contributed by atoms with Gasteiger partial charge in [0.15, 0.2) is 5.76 Å². The van der Waals surface area contributed by atoms with Crippen LogP contribution in [-0.2, 0) is 19.8 Å². The number of rotatable bonds is 11. The van der Waals surface area contributed by atoms with Gasteiger partial charge in [-0.3, -0.25) is 9.36 Å². The number of amides is 1. The Morgan fingerprint density at radius 1 is 0.878 bits per heavy atom. The number of nitrogens with zero attached hydrogens (tertiary/aromatic N) is 2. The maximum Gasteiger partial charge on any atom is 0.352 e. The average molecular weight is 660 g/mol. The third kappa shape index (κ3) is 5.68. The Bertz CT molecular complexity index is 2030. The Hall–Kier alpha value is -5.91. The highest BCUT2D eigenvalue weighted by Crippen LogP contribution is 2.56. The zero-order valence-corrected chi connectivity index (χ0v) is 27.0. The summed E-state index contributed by atoms with van der Waals surface area (Å²) in [5.41, 5.74) is 1.43. The second kappa shape index (κ2) is 12.6. The number of hydrogen-bond donors (Lipinski definition) is 2. The highest BCUT2D eigenvalue weighted by Gasteiger charge is 2.67. The molecule has 11 nitrogen and oxygen atoms in total. The molecule has 0 spiro atoms. The summed E-state index contributed by atoms with van der Waals surface area (Å²) < 4.78 is 31.0. The summed E-state index contributed by atoms with van der Waals surface area (Å²) in [5.74, 6) is -0.505. The van der Waals surface area contributed by atoms with Crippen LogP contribution in [0.2, 0.25) is 0 Å². The lowest BCUT2D eigenvalue weighted by Gasteiger charge is -2.36. The Morgan fingerprint density at radius 2 is 1.43 bits per heavy atom. The minimum atomic E-state index is -1.46. The molecule has 0 saturated carbocycles. The summed E-state index contributed by atoms with van der Waals surface area (Å²) in [6.45, 7) is 1.54. The van der Waals surface area contributed by atoms with Crippen molar-refractivity contribution in [3.63, 3.8) is 0 Å². The highest BCUT2D eigenvalue weighted by atomic mass is 16.8. The zero-order valence-electron chi connectivity index (χ0n) is 27.0. The average Bonchev–Trinajstić information content (AvgIpc) is 3.80. The number of aliphatic hydroxyl groups excluding tert-OH is 1. The quantitative estimate of drug-likeness (QED) is 0.132. The normalized spacial score (nSPS) is 18.0. The number of fused-ring (bicyclic) bond motifs is 1. The maximum absolute atomic E-state index is 13.2. The summed E-state index contributed by atoms with van der Waals surface area (Å²) in [4.78, 5) is 30.0.